The molecule has 0 aliphatic carbocycles. The van der Waals surface area contributed by atoms with E-state index in [0.717, 1.165) is 48.7 Å². The smallest absolute Gasteiger partial charge is 0.137 e. The Kier molecular flexibility index (Phi) is 5.47. The quantitative estimate of drug-likeness (QED) is 0.654. The zero-order valence-corrected chi connectivity index (χ0v) is 15.1. The third kappa shape index (κ3) is 4.42. The summed E-state index contributed by atoms with van der Waals surface area (Å²) in [7, 11) is 0. The summed E-state index contributed by atoms with van der Waals surface area (Å²) in [6.45, 7) is 5.81. The number of benzene rings is 1. The maximum absolute atomic E-state index is 5.85. The second-order valence-corrected chi connectivity index (χ2v) is 6.86. The third-order valence-electron chi connectivity index (χ3n) is 4.90. The van der Waals surface area contributed by atoms with E-state index in [0.29, 0.717) is 0 Å². The van der Waals surface area contributed by atoms with Crippen molar-refractivity contribution >= 4 is 11.0 Å². The summed E-state index contributed by atoms with van der Waals surface area (Å²) >= 11 is 0. The predicted molar refractivity (Wildman–Crippen MR) is 104 cm³/mol. The highest BCUT2D eigenvalue weighted by Crippen LogP contribution is 2.14. The standard InChI is InChI=1S/C21H26N4O/c1-2-12-25(11-1)13-14-26-20-7-3-17(4-8-20)15-22-16-19-6-5-18-9-10-23-21(18)24-19/h3-10,22H,1-2,11-16H2,(H,23,24). The van der Waals surface area contributed by atoms with Gasteiger partial charge in [0.15, 0.2) is 0 Å². The molecule has 1 aliphatic rings. The van der Waals surface area contributed by atoms with Crippen LogP contribution in [0.1, 0.15) is 24.1 Å². The number of aromatic amines is 1. The van der Waals surface area contributed by atoms with E-state index in [1.54, 1.807) is 0 Å². The van der Waals surface area contributed by atoms with Crippen LogP contribution in [-0.4, -0.2) is 41.1 Å². The lowest BCUT2D eigenvalue weighted by Crippen LogP contribution is -2.25. The first-order valence-electron chi connectivity index (χ1n) is 9.45. The van der Waals surface area contributed by atoms with Gasteiger partial charge >= 0.3 is 0 Å². The fraction of sp³-hybridized carbons (Fsp3) is 0.381. The van der Waals surface area contributed by atoms with Gasteiger partial charge in [-0.05, 0) is 61.8 Å². The van der Waals surface area contributed by atoms with Crippen LogP contribution in [0.25, 0.3) is 11.0 Å². The Morgan fingerprint density at radius 1 is 1.00 bits per heavy atom. The van der Waals surface area contributed by atoms with E-state index in [1.165, 1.54) is 31.5 Å². The Labute approximate surface area is 154 Å². The molecule has 0 saturated carbocycles. The Morgan fingerprint density at radius 3 is 2.69 bits per heavy atom. The molecule has 26 heavy (non-hydrogen) atoms. The molecule has 2 aromatic heterocycles. The number of aromatic nitrogens is 2. The molecular weight excluding hydrogens is 324 g/mol. The lowest BCUT2D eigenvalue weighted by atomic mass is 10.2. The van der Waals surface area contributed by atoms with Crippen molar-refractivity contribution in [1.82, 2.24) is 20.2 Å². The van der Waals surface area contributed by atoms with Crippen molar-refractivity contribution in [2.75, 3.05) is 26.2 Å². The average molecular weight is 350 g/mol. The fourth-order valence-electron chi connectivity index (χ4n) is 3.41. The SMILES string of the molecule is c1cc2ccc(CNCc3ccc(OCCN4CCCC4)cc3)nc2[nH]1. The zero-order valence-electron chi connectivity index (χ0n) is 15.1. The first-order chi connectivity index (χ1) is 12.9. The average Bonchev–Trinajstić information content (AvgIpc) is 3.34. The number of hydrogen-bond acceptors (Lipinski definition) is 4. The van der Waals surface area contributed by atoms with Gasteiger partial charge in [-0.15, -0.1) is 0 Å². The monoisotopic (exact) mass is 350 g/mol. The Morgan fingerprint density at radius 2 is 1.85 bits per heavy atom. The van der Waals surface area contributed by atoms with Gasteiger partial charge in [-0.25, -0.2) is 4.98 Å². The highest BCUT2D eigenvalue weighted by molar-refractivity contribution is 5.75. The number of fused-ring (bicyclic) bond motifs is 1. The molecule has 1 saturated heterocycles. The molecule has 0 atom stereocenters. The first-order valence-corrected chi connectivity index (χ1v) is 9.45. The lowest BCUT2D eigenvalue weighted by molar-refractivity contribution is 0.238. The highest BCUT2D eigenvalue weighted by Gasteiger charge is 2.10. The minimum atomic E-state index is 0.753. The molecular formula is C21H26N4O. The van der Waals surface area contributed by atoms with E-state index in [4.69, 9.17) is 4.74 Å². The van der Waals surface area contributed by atoms with Crippen LogP contribution in [-0.2, 0) is 13.1 Å². The van der Waals surface area contributed by atoms with E-state index in [-0.39, 0.29) is 0 Å². The number of hydrogen-bond donors (Lipinski definition) is 2. The number of nitrogens with zero attached hydrogens (tertiary/aromatic N) is 2. The topological polar surface area (TPSA) is 53.2 Å². The van der Waals surface area contributed by atoms with Crippen molar-refractivity contribution < 1.29 is 4.74 Å². The van der Waals surface area contributed by atoms with Crippen molar-refractivity contribution in [2.45, 2.75) is 25.9 Å². The summed E-state index contributed by atoms with van der Waals surface area (Å²) in [4.78, 5) is 10.2. The van der Waals surface area contributed by atoms with Crippen molar-refractivity contribution in [3.8, 4) is 5.75 Å². The van der Waals surface area contributed by atoms with Crippen LogP contribution < -0.4 is 10.1 Å². The normalized spacial score (nSPS) is 14.9. The van der Waals surface area contributed by atoms with Gasteiger partial charge in [0, 0.05) is 31.2 Å². The highest BCUT2D eigenvalue weighted by atomic mass is 16.5. The van der Waals surface area contributed by atoms with Gasteiger partial charge in [-0.1, -0.05) is 12.1 Å². The third-order valence-corrected chi connectivity index (χ3v) is 4.90. The molecule has 5 heteroatoms. The fourth-order valence-corrected chi connectivity index (χ4v) is 3.41. The van der Waals surface area contributed by atoms with Gasteiger partial charge in [-0.3, -0.25) is 4.90 Å². The molecule has 4 rings (SSSR count). The van der Waals surface area contributed by atoms with Crippen molar-refractivity contribution in [3.05, 3.63) is 59.9 Å². The Bertz CT molecular complexity index is 821. The molecule has 3 aromatic rings. The van der Waals surface area contributed by atoms with Crippen LogP contribution in [0.5, 0.6) is 5.75 Å². The van der Waals surface area contributed by atoms with Crippen molar-refractivity contribution in [2.24, 2.45) is 0 Å². The maximum Gasteiger partial charge on any atom is 0.137 e. The van der Waals surface area contributed by atoms with Gasteiger partial charge < -0.3 is 15.0 Å². The van der Waals surface area contributed by atoms with Crippen LogP contribution in [0, 0.1) is 0 Å². The Hall–Kier alpha value is -2.37. The van der Waals surface area contributed by atoms with E-state index < -0.39 is 0 Å². The minimum Gasteiger partial charge on any atom is -0.492 e. The zero-order chi connectivity index (χ0) is 17.6. The first kappa shape index (κ1) is 17.1. The van der Waals surface area contributed by atoms with Crippen LogP contribution in [0.3, 0.4) is 0 Å². The molecule has 1 fully saturated rings. The number of H-pyrrole nitrogens is 1. The Balaban J connectivity index is 1.21. The van der Waals surface area contributed by atoms with Crippen molar-refractivity contribution in [1.29, 1.82) is 0 Å². The summed E-state index contributed by atoms with van der Waals surface area (Å²) in [5, 5.41) is 4.60. The van der Waals surface area contributed by atoms with Crippen LogP contribution in [0.15, 0.2) is 48.7 Å². The van der Waals surface area contributed by atoms with Crippen LogP contribution >= 0.6 is 0 Å². The summed E-state index contributed by atoms with van der Waals surface area (Å²) in [5.74, 6) is 0.951. The second-order valence-electron chi connectivity index (χ2n) is 6.86. The van der Waals surface area contributed by atoms with E-state index in [1.807, 2.05) is 12.3 Å². The molecule has 0 radical (unpaired) electrons. The molecule has 0 amide bonds. The van der Waals surface area contributed by atoms with E-state index in [9.17, 15) is 0 Å². The minimum absolute atomic E-state index is 0.753. The van der Waals surface area contributed by atoms with Gasteiger partial charge in [-0.2, -0.15) is 0 Å². The van der Waals surface area contributed by atoms with E-state index in [2.05, 4.69) is 56.6 Å². The van der Waals surface area contributed by atoms with Gasteiger partial charge in [0.2, 0.25) is 0 Å². The molecule has 1 aromatic carbocycles. The number of likely N-dealkylation sites (tertiary alicyclic amines) is 1. The summed E-state index contributed by atoms with van der Waals surface area (Å²) in [6.07, 6.45) is 4.58. The second kappa shape index (κ2) is 8.34. The lowest BCUT2D eigenvalue weighted by Gasteiger charge is -2.15. The molecule has 3 heterocycles. The maximum atomic E-state index is 5.85. The van der Waals surface area contributed by atoms with E-state index >= 15 is 0 Å². The molecule has 0 bridgehead atoms. The van der Waals surface area contributed by atoms with Gasteiger partial charge in [0.1, 0.15) is 18.0 Å². The van der Waals surface area contributed by atoms with Crippen molar-refractivity contribution in [3.63, 3.8) is 0 Å². The molecule has 136 valence electrons. The molecule has 5 nitrogen and oxygen atoms in total. The number of pyridine rings is 1. The number of ether oxygens (including phenoxy) is 1. The largest absolute Gasteiger partial charge is 0.492 e. The summed E-state index contributed by atoms with van der Waals surface area (Å²) in [5.41, 5.74) is 3.24. The molecule has 0 spiro atoms. The summed E-state index contributed by atoms with van der Waals surface area (Å²) in [6, 6.07) is 14.6. The van der Waals surface area contributed by atoms with Crippen LogP contribution in [0.4, 0.5) is 0 Å². The predicted octanol–water partition coefficient (Wildman–Crippen LogP) is 3.33. The molecule has 0 unspecified atom stereocenters. The number of rotatable bonds is 8. The van der Waals surface area contributed by atoms with Crippen LogP contribution in [0.2, 0.25) is 0 Å². The molecule has 2 N–H and O–H groups in total. The number of nitrogens with one attached hydrogen (secondary N) is 2. The van der Waals surface area contributed by atoms with Gasteiger partial charge in [0.05, 0.1) is 5.69 Å². The van der Waals surface area contributed by atoms with Gasteiger partial charge in [0.25, 0.3) is 0 Å². The summed E-state index contributed by atoms with van der Waals surface area (Å²) < 4.78 is 5.85. The molecule has 1 aliphatic heterocycles.